The molecule has 1 aromatic rings. The van der Waals surface area contributed by atoms with Gasteiger partial charge in [-0.2, -0.15) is 0 Å². The van der Waals surface area contributed by atoms with E-state index < -0.39 is 0 Å². The number of carbonyl (C=O) groups excluding carboxylic acids is 1. The van der Waals surface area contributed by atoms with E-state index in [1.165, 1.54) is 18.4 Å². The molecule has 3 heterocycles. The first-order valence-corrected chi connectivity index (χ1v) is 5.75. The van der Waals surface area contributed by atoms with Crippen LogP contribution in [0, 0.1) is 0 Å². The lowest BCUT2D eigenvalue weighted by Crippen LogP contribution is -2.29. The molecule has 0 fully saturated rings. The maximum Gasteiger partial charge on any atom is 0.341 e. The molecule has 0 atom stereocenters. The minimum atomic E-state index is -0.280. The van der Waals surface area contributed by atoms with Crippen molar-refractivity contribution < 1.29 is 9.53 Å². The molecular formula is C12H15N3O2. The molecule has 17 heavy (non-hydrogen) atoms. The van der Waals surface area contributed by atoms with Crippen LogP contribution in [0.15, 0.2) is 12.3 Å². The number of nitrogens with one attached hydrogen (secondary N) is 2. The summed E-state index contributed by atoms with van der Waals surface area (Å²) >= 11 is 0. The Morgan fingerprint density at radius 1 is 1.47 bits per heavy atom. The second-order valence-corrected chi connectivity index (χ2v) is 4.27. The van der Waals surface area contributed by atoms with Crippen LogP contribution in [-0.2, 0) is 29.2 Å². The molecular weight excluding hydrogens is 218 g/mol. The number of methoxy groups -OCH3 is 1. The van der Waals surface area contributed by atoms with Gasteiger partial charge >= 0.3 is 5.97 Å². The second-order valence-electron chi connectivity index (χ2n) is 4.27. The van der Waals surface area contributed by atoms with Gasteiger partial charge in [-0.3, -0.25) is 0 Å². The summed E-state index contributed by atoms with van der Waals surface area (Å²) in [5, 5.41) is 6.45. The number of nitrogens with zero attached hydrogens (tertiary/aromatic N) is 1. The van der Waals surface area contributed by atoms with E-state index in [1.807, 2.05) is 0 Å². The van der Waals surface area contributed by atoms with E-state index in [9.17, 15) is 4.79 Å². The quantitative estimate of drug-likeness (QED) is 0.681. The normalized spacial score (nSPS) is 17.6. The highest BCUT2D eigenvalue weighted by atomic mass is 16.5. The van der Waals surface area contributed by atoms with Crippen molar-refractivity contribution >= 4 is 11.5 Å². The molecule has 0 aliphatic carbocycles. The highest BCUT2D eigenvalue weighted by molar-refractivity contribution is 6.16. The maximum absolute atomic E-state index is 11.8. The van der Waals surface area contributed by atoms with Gasteiger partial charge in [0.2, 0.25) is 0 Å². The van der Waals surface area contributed by atoms with E-state index in [0.717, 1.165) is 31.9 Å². The third-order valence-electron chi connectivity index (χ3n) is 3.28. The Morgan fingerprint density at radius 3 is 3.18 bits per heavy atom. The number of rotatable bonds is 1. The molecule has 2 N–H and O–H groups in total. The summed E-state index contributed by atoms with van der Waals surface area (Å²) in [5.41, 5.74) is 4.06. The van der Waals surface area contributed by atoms with E-state index in [2.05, 4.69) is 21.3 Å². The fourth-order valence-corrected chi connectivity index (χ4v) is 2.52. The van der Waals surface area contributed by atoms with Gasteiger partial charge in [-0.25, -0.2) is 4.79 Å². The summed E-state index contributed by atoms with van der Waals surface area (Å²) in [5.74, 6) is -0.280. The van der Waals surface area contributed by atoms with Crippen molar-refractivity contribution in [1.29, 1.82) is 0 Å². The minimum Gasteiger partial charge on any atom is -0.465 e. The highest BCUT2D eigenvalue weighted by Crippen LogP contribution is 2.28. The number of fused-ring (bicyclic) bond motifs is 3. The van der Waals surface area contributed by atoms with Crippen LogP contribution in [0.25, 0.3) is 5.57 Å². The fourth-order valence-electron chi connectivity index (χ4n) is 2.52. The number of esters is 1. The van der Waals surface area contributed by atoms with Crippen molar-refractivity contribution in [2.45, 2.75) is 19.6 Å². The van der Waals surface area contributed by atoms with Gasteiger partial charge in [-0.15, -0.1) is 0 Å². The average molecular weight is 233 g/mol. The molecule has 0 aromatic carbocycles. The number of hydrogen-bond acceptors (Lipinski definition) is 4. The molecule has 0 bridgehead atoms. The molecule has 2 aliphatic heterocycles. The molecule has 3 rings (SSSR count). The van der Waals surface area contributed by atoms with E-state index in [1.54, 1.807) is 6.20 Å². The third kappa shape index (κ3) is 1.54. The van der Waals surface area contributed by atoms with Crippen LogP contribution in [0.1, 0.15) is 17.0 Å². The summed E-state index contributed by atoms with van der Waals surface area (Å²) in [6, 6.07) is 2.16. The van der Waals surface area contributed by atoms with Gasteiger partial charge in [0, 0.05) is 38.1 Å². The molecule has 1 aromatic heterocycles. The fraction of sp³-hybridized carbons (Fsp3) is 0.417. The van der Waals surface area contributed by atoms with Gasteiger partial charge in [0.05, 0.1) is 18.4 Å². The van der Waals surface area contributed by atoms with Gasteiger partial charge in [-0.1, -0.05) is 0 Å². The lowest BCUT2D eigenvalue weighted by atomic mass is 10.1. The third-order valence-corrected chi connectivity index (χ3v) is 3.28. The van der Waals surface area contributed by atoms with Crippen molar-refractivity contribution in [3.8, 4) is 0 Å². The van der Waals surface area contributed by atoms with Crippen LogP contribution in [0.4, 0.5) is 0 Å². The molecule has 5 nitrogen and oxygen atoms in total. The number of aromatic nitrogens is 1. The average Bonchev–Trinajstić information content (AvgIpc) is 2.76. The predicted octanol–water partition coefficient (Wildman–Crippen LogP) is 0.208. The largest absolute Gasteiger partial charge is 0.465 e. The van der Waals surface area contributed by atoms with E-state index in [-0.39, 0.29) is 5.97 Å². The van der Waals surface area contributed by atoms with Gasteiger partial charge in [0.15, 0.2) is 0 Å². The van der Waals surface area contributed by atoms with Gasteiger partial charge < -0.3 is 19.9 Å². The van der Waals surface area contributed by atoms with Crippen molar-refractivity contribution in [2.75, 3.05) is 13.7 Å². The zero-order valence-electron chi connectivity index (χ0n) is 9.75. The van der Waals surface area contributed by atoms with Crippen molar-refractivity contribution in [2.24, 2.45) is 0 Å². The SMILES string of the molecule is COC(=O)C1=CNCc2cc3n(c21)CCNC3. The summed E-state index contributed by atoms with van der Waals surface area (Å²) < 4.78 is 7.05. The Balaban J connectivity index is 2.11. The first-order valence-electron chi connectivity index (χ1n) is 5.75. The van der Waals surface area contributed by atoms with Gasteiger partial charge in [0.25, 0.3) is 0 Å². The Hall–Kier alpha value is -1.75. The topological polar surface area (TPSA) is 55.3 Å². The standard InChI is InChI=1S/C12H15N3O2/c1-17-12(16)10-7-14-5-8-4-9-6-13-2-3-15(9)11(8)10/h4,7,13-14H,2-3,5-6H2,1H3. The number of ether oxygens (including phenoxy) is 1. The van der Waals surface area contributed by atoms with Crippen LogP contribution in [0.3, 0.4) is 0 Å². The molecule has 0 radical (unpaired) electrons. The molecule has 0 amide bonds. The van der Waals surface area contributed by atoms with Crippen LogP contribution < -0.4 is 10.6 Å². The summed E-state index contributed by atoms with van der Waals surface area (Å²) in [4.78, 5) is 11.8. The summed E-state index contributed by atoms with van der Waals surface area (Å²) in [6.07, 6.45) is 1.75. The van der Waals surface area contributed by atoms with Crippen LogP contribution in [0.5, 0.6) is 0 Å². The van der Waals surface area contributed by atoms with Crippen molar-refractivity contribution in [3.63, 3.8) is 0 Å². The molecule has 0 unspecified atom stereocenters. The first kappa shape index (κ1) is 10.4. The molecule has 5 heteroatoms. The number of hydrogen-bond donors (Lipinski definition) is 2. The Morgan fingerprint density at radius 2 is 2.35 bits per heavy atom. The number of carbonyl (C=O) groups is 1. The molecule has 2 aliphatic rings. The molecule has 0 saturated heterocycles. The smallest absolute Gasteiger partial charge is 0.341 e. The van der Waals surface area contributed by atoms with Crippen LogP contribution in [0.2, 0.25) is 0 Å². The van der Waals surface area contributed by atoms with Crippen LogP contribution in [-0.4, -0.2) is 24.2 Å². The zero-order chi connectivity index (χ0) is 11.8. The van der Waals surface area contributed by atoms with Gasteiger partial charge in [0.1, 0.15) is 0 Å². The highest BCUT2D eigenvalue weighted by Gasteiger charge is 2.26. The monoisotopic (exact) mass is 233 g/mol. The van der Waals surface area contributed by atoms with Crippen molar-refractivity contribution in [3.05, 3.63) is 29.2 Å². The maximum atomic E-state index is 11.8. The molecule has 0 spiro atoms. The van der Waals surface area contributed by atoms with Gasteiger partial charge in [-0.05, 0) is 11.6 Å². The molecule has 90 valence electrons. The second kappa shape index (κ2) is 3.92. The first-order chi connectivity index (χ1) is 8.31. The Kier molecular flexibility index (Phi) is 2.40. The minimum absolute atomic E-state index is 0.280. The lowest BCUT2D eigenvalue weighted by Gasteiger charge is -2.21. The molecule has 0 saturated carbocycles. The lowest BCUT2D eigenvalue weighted by molar-refractivity contribution is -0.133. The summed E-state index contributed by atoms with van der Waals surface area (Å²) in [7, 11) is 1.42. The van der Waals surface area contributed by atoms with E-state index in [4.69, 9.17) is 4.74 Å². The Bertz CT molecular complexity index is 502. The Labute approximate surface area is 99.4 Å². The van der Waals surface area contributed by atoms with Crippen molar-refractivity contribution in [1.82, 2.24) is 15.2 Å². The summed E-state index contributed by atoms with van der Waals surface area (Å²) in [6.45, 7) is 3.48. The zero-order valence-corrected chi connectivity index (χ0v) is 9.75. The van der Waals surface area contributed by atoms with E-state index >= 15 is 0 Å². The van der Waals surface area contributed by atoms with Crippen LogP contribution >= 0.6 is 0 Å². The van der Waals surface area contributed by atoms with E-state index in [0.29, 0.717) is 5.57 Å². The predicted molar refractivity (Wildman–Crippen MR) is 63.0 cm³/mol.